The smallest absolute Gasteiger partial charge is 0.315 e. The number of nitrogens with one attached hydrogen (secondary N) is 2. The van der Waals surface area contributed by atoms with Gasteiger partial charge in [-0.2, -0.15) is 0 Å². The third kappa shape index (κ3) is 2.95. The average molecular weight is 422 g/mol. The van der Waals surface area contributed by atoms with Gasteiger partial charge in [0.15, 0.2) is 0 Å². The molecule has 0 radical (unpaired) electrons. The molecule has 2 heterocycles. The van der Waals surface area contributed by atoms with Gasteiger partial charge in [0.25, 0.3) is 5.91 Å². The van der Waals surface area contributed by atoms with Crippen LogP contribution in [-0.4, -0.2) is 49.1 Å². The number of likely N-dealkylation sites (tertiary alicyclic amines) is 1. The molecule has 2 aliphatic heterocycles. The molecule has 30 heavy (non-hydrogen) atoms. The molecular weight excluding hydrogens is 402 g/mol. The number of halogens is 1. The van der Waals surface area contributed by atoms with Crippen LogP contribution in [0.15, 0.2) is 54.6 Å². The molecular formula is C23H20ClN3O3. The van der Waals surface area contributed by atoms with Crippen molar-refractivity contribution in [1.29, 1.82) is 0 Å². The average Bonchev–Trinajstić information content (AvgIpc) is 3.13. The SMILES string of the molecule is COc1cccc(Cl)c1-c1cccc2cc(C(=O)N3CC4(CNC(=O)N4)C3)ccc12. The number of benzene rings is 3. The van der Waals surface area contributed by atoms with E-state index in [1.54, 1.807) is 12.0 Å². The van der Waals surface area contributed by atoms with Gasteiger partial charge in [-0.05, 0) is 40.6 Å². The Balaban J connectivity index is 1.47. The van der Waals surface area contributed by atoms with Crippen LogP contribution in [-0.2, 0) is 0 Å². The number of hydrogen-bond acceptors (Lipinski definition) is 3. The first kappa shape index (κ1) is 18.8. The van der Waals surface area contributed by atoms with Gasteiger partial charge < -0.3 is 20.3 Å². The lowest BCUT2D eigenvalue weighted by molar-refractivity contribution is 0.0397. The highest BCUT2D eigenvalue weighted by Gasteiger charge is 2.49. The highest BCUT2D eigenvalue weighted by atomic mass is 35.5. The fraction of sp³-hybridized carbons (Fsp3) is 0.217. The third-order valence-corrected chi connectivity index (χ3v) is 6.15. The number of urea groups is 1. The van der Waals surface area contributed by atoms with Gasteiger partial charge in [0.1, 0.15) is 5.75 Å². The molecule has 3 amide bonds. The number of carbonyl (C=O) groups excluding carboxylic acids is 2. The molecule has 0 unspecified atom stereocenters. The molecule has 5 rings (SSSR count). The zero-order chi connectivity index (χ0) is 20.9. The summed E-state index contributed by atoms with van der Waals surface area (Å²) in [4.78, 5) is 26.1. The van der Waals surface area contributed by atoms with E-state index in [-0.39, 0.29) is 17.5 Å². The van der Waals surface area contributed by atoms with Crippen LogP contribution in [0.25, 0.3) is 21.9 Å². The maximum atomic E-state index is 13.0. The van der Waals surface area contributed by atoms with Crippen LogP contribution >= 0.6 is 11.6 Å². The van der Waals surface area contributed by atoms with Crippen LogP contribution in [0.4, 0.5) is 4.79 Å². The van der Waals surface area contributed by atoms with Gasteiger partial charge in [-0.25, -0.2) is 4.79 Å². The van der Waals surface area contributed by atoms with E-state index in [0.717, 1.165) is 21.9 Å². The van der Waals surface area contributed by atoms with Crippen LogP contribution in [0.1, 0.15) is 10.4 Å². The Bertz CT molecular complexity index is 1190. The van der Waals surface area contributed by atoms with Crippen molar-refractivity contribution < 1.29 is 14.3 Å². The Morgan fingerprint density at radius 2 is 1.93 bits per heavy atom. The minimum atomic E-state index is -0.322. The zero-order valence-electron chi connectivity index (χ0n) is 16.4. The first-order valence-electron chi connectivity index (χ1n) is 9.71. The van der Waals surface area contributed by atoms with Crippen molar-refractivity contribution >= 4 is 34.3 Å². The molecule has 0 aromatic heterocycles. The monoisotopic (exact) mass is 421 g/mol. The standard InChI is InChI=1S/C23H20ClN3O3/c1-30-19-7-3-6-18(24)20(19)17-5-2-4-14-10-15(8-9-16(14)17)21(28)27-12-23(13-27)11-25-22(29)26-23/h2-10H,11-13H2,1H3,(H2,25,26,29). The maximum absolute atomic E-state index is 13.0. The van der Waals surface area contributed by atoms with E-state index in [1.165, 1.54) is 0 Å². The predicted molar refractivity (Wildman–Crippen MR) is 116 cm³/mol. The van der Waals surface area contributed by atoms with Crippen molar-refractivity contribution in [2.75, 3.05) is 26.7 Å². The van der Waals surface area contributed by atoms with Gasteiger partial charge in [-0.15, -0.1) is 0 Å². The summed E-state index contributed by atoms with van der Waals surface area (Å²) in [5, 5.41) is 8.22. The van der Waals surface area contributed by atoms with Crippen LogP contribution in [0.5, 0.6) is 5.75 Å². The van der Waals surface area contributed by atoms with E-state index in [4.69, 9.17) is 16.3 Å². The van der Waals surface area contributed by atoms with E-state index in [2.05, 4.69) is 10.6 Å². The third-order valence-electron chi connectivity index (χ3n) is 5.83. The van der Waals surface area contributed by atoms with E-state index < -0.39 is 0 Å². The molecule has 2 aliphatic rings. The number of nitrogens with zero attached hydrogens (tertiary/aromatic N) is 1. The van der Waals surface area contributed by atoms with Crippen molar-refractivity contribution in [3.05, 3.63) is 65.2 Å². The van der Waals surface area contributed by atoms with Gasteiger partial charge in [0, 0.05) is 30.8 Å². The largest absolute Gasteiger partial charge is 0.496 e. The second kappa shape index (κ2) is 6.92. The lowest BCUT2D eigenvalue weighted by Gasteiger charge is -2.46. The Hall–Kier alpha value is -3.25. The van der Waals surface area contributed by atoms with E-state index in [1.807, 2.05) is 54.6 Å². The van der Waals surface area contributed by atoms with Crippen molar-refractivity contribution in [2.24, 2.45) is 0 Å². The van der Waals surface area contributed by atoms with Gasteiger partial charge in [0.05, 0.1) is 17.7 Å². The van der Waals surface area contributed by atoms with Crippen molar-refractivity contribution in [3.63, 3.8) is 0 Å². The molecule has 0 aliphatic carbocycles. The van der Waals surface area contributed by atoms with Gasteiger partial charge in [0.2, 0.25) is 0 Å². The summed E-state index contributed by atoms with van der Waals surface area (Å²) in [7, 11) is 1.62. The fourth-order valence-corrected chi connectivity index (χ4v) is 4.62. The molecule has 2 fully saturated rings. The minimum Gasteiger partial charge on any atom is -0.496 e. The molecule has 0 bridgehead atoms. The second-order valence-electron chi connectivity index (χ2n) is 7.81. The number of ether oxygens (including phenoxy) is 1. The Labute approximate surface area is 178 Å². The van der Waals surface area contributed by atoms with Crippen LogP contribution in [0.2, 0.25) is 5.02 Å². The zero-order valence-corrected chi connectivity index (χ0v) is 17.1. The molecule has 3 aromatic carbocycles. The summed E-state index contributed by atoms with van der Waals surface area (Å²) in [6.45, 7) is 1.58. The summed E-state index contributed by atoms with van der Waals surface area (Å²) in [6, 6.07) is 17.0. The topological polar surface area (TPSA) is 70.7 Å². The van der Waals surface area contributed by atoms with Crippen LogP contribution in [0, 0.1) is 0 Å². The minimum absolute atomic E-state index is 0.0376. The van der Waals surface area contributed by atoms with Gasteiger partial charge in [-0.3, -0.25) is 4.79 Å². The molecule has 3 aromatic rings. The summed E-state index contributed by atoms with van der Waals surface area (Å²) in [5.74, 6) is 0.664. The highest BCUT2D eigenvalue weighted by Crippen LogP contribution is 2.40. The molecule has 1 spiro atoms. The van der Waals surface area contributed by atoms with Crippen LogP contribution in [0.3, 0.4) is 0 Å². The van der Waals surface area contributed by atoms with Crippen molar-refractivity contribution in [1.82, 2.24) is 15.5 Å². The molecule has 2 N–H and O–H groups in total. The summed E-state index contributed by atoms with van der Waals surface area (Å²) in [6.07, 6.45) is 0. The van der Waals surface area contributed by atoms with E-state index in [9.17, 15) is 9.59 Å². The van der Waals surface area contributed by atoms with Gasteiger partial charge >= 0.3 is 6.03 Å². The predicted octanol–water partition coefficient (Wildman–Crippen LogP) is 3.68. The summed E-state index contributed by atoms with van der Waals surface area (Å²) >= 11 is 6.49. The van der Waals surface area contributed by atoms with E-state index >= 15 is 0 Å². The number of amides is 3. The molecule has 0 atom stereocenters. The molecule has 7 heteroatoms. The quantitative estimate of drug-likeness (QED) is 0.677. The number of rotatable bonds is 3. The first-order valence-corrected chi connectivity index (χ1v) is 10.1. The number of carbonyl (C=O) groups is 2. The fourth-order valence-electron chi connectivity index (χ4n) is 4.35. The Morgan fingerprint density at radius 3 is 2.67 bits per heavy atom. The van der Waals surface area contributed by atoms with E-state index in [0.29, 0.717) is 36.0 Å². The molecule has 152 valence electrons. The molecule has 2 saturated heterocycles. The molecule has 0 saturated carbocycles. The summed E-state index contributed by atoms with van der Waals surface area (Å²) in [5.41, 5.74) is 2.09. The number of hydrogen-bond donors (Lipinski definition) is 2. The highest BCUT2D eigenvalue weighted by molar-refractivity contribution is 6.34. The molecule has 6 nitrogen and oxygen atoms in total. The lowest BCUT2D eigenvalue weighted by atomic mass is 9.90. The van der Waals surface area contributed by atoms with Crippen LogP contribution < -0.4 is 15.4 Å². The Kier molecular flexibility index (Phi) is 4.33. The summed E-state index contributed by atoms with van der Waals surface area (Å²) < 4.78 is 5.52. The number of methoxy groups -OCH3 is 1. The maximum Gasteiger partial charge on any atom is 0.315 e. The second-order valence-corrected chi connectivity index (χ2v) is 8.22. The Morgan fingerprint density at radius 1 is 1.13 bits per heavy atom. The van der Waals surface area contributed by atoms with Gasteiger partial charge in [-0.1, -0.05) is 41.9 Å². The van der Waals surface area contributed by atoms with Crippen molar-refractivity contribution in [2.45, 2.75) is 5.54 Å². The number of fused-ring (bicyclic) bond motifs is 1. The lowest BCUT2D eigenvalue weighted by Crippen LogP contribution is -2.70. The normalized spacial score (nSPS) is 16.9. The van der Waals surface area contributed by atoms with Crippen molar-refractivity contribution in [3.8, 4) is 16.9 Å². The first-order chi connectivity index (χ1) is 14.5.